The first-order chi connectivity index (χ1) is 8.38. The lowest BCUT2D eigenvalue weighted by molar-refractivity contribution is 0.0615. The first-order valence-corrected chi connectivity index (χ1v) is 7.82. The van der Waals surface area contributed by atoms with Gasteiger partial charge in [-0.05, 0) is 50.7 Å². The molecule has 0 aliphatic heterocycles. The lowest BCUT2D eigenvalue weighted by Gasteiger charge is -2.48. The Balaban J connectivity index is 2.64. The van der Waals surface area contributed by atoms with Crippen LogP contribution in [-0.2, 0) is 0 Å². The van der Waals surface area contributed by atoms with Gasteiger partial charge in [-0.15, -0.1) is 0 Å². The summed E-state index contributed by atoms with van der Waals surface area (Å²) in [5.41, 5.74) is 0.436. The normalized spacial score (nSPS) is 28.0. The summed E-state index contributed by atoms with van der Waals surface area (Å²) in [6.45, 7) is 14.1. The largest absolute Gasteiger partial charge is 0.312 e. The number of hydrogen-bond acceptors (Lipinski definition) is 2. The summed E-state index contributed by atoms with van der Waals surface area (Å²) >= 11 is 0. The Kier molecular flexibility index (Phi) is 6.13. The van der Waals surface area contributed by atoms with E-state index in [1.165, 1.54) is 32.2 Å². The third kappa shape index (κ3) is 4.24. The summed E-state index contributed by atoms with van der Waals surface area (Å²) in [5.74, 6) is 0.807. The molecule has 2 nitrogen and oxygen atoms in total. The minimum Gasteiger partial charge on any atom is -0.312 e. The van der Waals surface area contributed by atoms with Crippen molar-refractivity contribution in [3.63, 3.8) is 0 Å². The second-order valence-corrected chi connectivity index (χ2v) is 7.15. The van der Waals surface area contributed by atoms with Crippen molar-refractivity contribution in [1.82, 2.24) is 10.2 Å². The SMILES string of the molecule is CCNC1C(N(C)CCC(C)C)CCCC1(C)C. The third-order valence-electron chi connectivity index (χ3n) is 4.60. The van der Waals surface area contributed by atoms with Crippen LogP contribution in [0, 0.1) is 11.3 Å². The van der Waals surface area contributed by atoms with Gasteiger partial charge < -0.3 is 10.2 Å². The number of nitrogens with zero attached hydrogens (tertiary/aromatic N) is 1. The minimum atomic E-state index is 0.436. The van der Waals surface area contributed by atoms with E-state index in [0.29, 0.717) is 17.5 Å². The van der Waals surface area contributed by atoms with Crippen LogP contribution in [0.25, 0.3) is 0 Å². The lowest BCUT2D eigenvalue weighted by atomic mass is 9.70. The van der Waals surface area contributed by atoms with Crippen LogP contribution in [0.4, 0.5) is 0 Å². The fraction of sp³-hybridized carbons (Fsp3) is 1.00. The van der Waals surface area contributed by atoms with Gasteiger partial charge >= 0.3 is 0 Å². The van der Waals surface area contributed by atoms with Gasteiger partial charge in [0.1, 0.15) is 0 Å². The fourth-order valence-corrected chi connectivity index (χ4v) is 3.34. The first-order valence-electron chi connectivity index (χ1n) is 7.82. The highest BCUT2D eigenvalue weighted by atomic mass is 15.2. The van der Waals surface area contributed by atoms with E-state index in [2.05, 4.69) is 51.9 Å². The third-order valence-corrected chi connectivity index (χ3v) is 4.60. The number of nitrogens with one attached hydrogen (secondary N) is 1. The topological polar surface area (TPSA) is 15.3 Å². The smallest absolute Gasteiger partial charge is 0.0274 e. The zero-order chi connectivity index (χ0) is 13.8. The van der Waals surface area contributed by atoms with E-state index in [1.54, 1.807) is 0 Å². The van der Waals surface area contributed by atoms with Crippen molar-refractivity contribution < 1.29 is 0 Å². The maximum absolute atomic E-state index is 3.75. The molecule has 2 atom stereocenters. The molecule has 18 heavy (non-hydrogen) atoms. The van der Waals surface area contributed by atoms with Crippen molar-refractivity contribution in [2.75, 3.05) is 20.1 Å². The molecule has 0 spiro atoms. The van der Waals surface area contributed by atoms with Crippen LogP contribution in [0.5, 0.6) is 0 Å². The molecule has 0 saturated heterocycles. The van der Waals surface area contributed by atoms with E-state index in [1.807, 2.05) is 0 Å². The Morgan fingerprint density at radius 2 is 2.00 bits per heavy atom. The van der Waals surface area contributed by atoms with Crippen molar-refractivity contribution in [3.05, 3.63) is 0 Å². The Morgan fingerprint density at radius 3 is 2.56 bits per heavy atom. The number of likely N-dealkylation sites (N-methyl/N-ethyl adjacent to an activating group) is 2. The van der Waals surface area contributed by atoms with Crippen molar-refractivity contribution in [2.45, 2.75) is 72.4 Å². The second-order valence-electron chi connectivity index (χ2n) is 7.15. The zero-order valence-electron chi connectivity index (χ0n) is 13.4. The molecule has 108 valence electrons. The fourth-order valence-electron chi connectivity index (χ4n) is 3.34. The van der Waals surface area contributed by atoms with Gasteiger partial charge in [-0.25, -0.2) is 0 Å². The van der Waals surface area contributed by atoms with Crippen molar-refractivity contribution in [2.24, 2.45) is 11.3 Å². The Morgan fingerprint density at radius 1 is 1.33 bits per heavy atom. The second kappa shape index (κ2) is 6.91. The van der Waals surface area contributed by atoms with Gasteiger partial charge in [-0.3, -0.25) is 0 Å². The number of hydrogen-bond donors (Lipinski definition) is 1. The highest BCUT2D eigenvalue weighted by Gasteiger charge is 2.39. The molecule has 1 N–H and O–H groups in total. The summed E-state index contributed by atoms with van der Waals surface area (Å²) in [4.78, 5) is 2.61. The van der Waals surface area contributed by atoms with E-state index in [4.69, 9.17) is 0 Å². The highest BCUT2D eigenvalue weighted by molar-refractivity contribution is 4.97. The summed E-state index contributed by atoms with van der Waals surface area (Å²) in [7, 11) is 2.32. The van der Waals surface area contributed by atoms with Crippen LogP contribution in [0.2, 0.25) is 0 Å². The van der Waals surface area contributed by atoms with Crippen molar-refractivity contribution in [3.8, 4) is 0 Å². The van der Waals surface area contributed by atoms with E-state index in [9.17, 15) is 0 Å². The molecule has 0 amide bonds. The molecule has 0 bridgehead atoms. The van der Waals surface area contributed by atoms with Crippen LogP contribution < -0.4 is 5.32 Å². The number of rotatable bonds is 6. The van der Waals surface area contributed by atoms with Gasteiger partial charge in [0, 0.05) is 12.1 Å². The van der Waals surface area contributed by atoms with E-state index in [0.717, 1.165) is 12.5 Å². The molecular weight excluding hydrogens is 220 g/mol. The van der Waals surface area contributed by atoms with E-state index < -0.39 is 0 Å². The Hall–Kier alpha value is -0.0800. The Bertz CT molecular complexity index is 235. The van der Waals surface area contributed by atoms with Gasteiger partial charge in [-0.2, -0.15) is 0 Å². The molecule has 2 heteroatoms. The molecule has 0 radical (unpaired) electrons. The van der Waals surface area contributed by atoms with Crippen molar-refractivity contribution >= 4 is 0 Å². The van der Waals surface area contributed by atoms with Gasteiger partial charge in [0.15, 0.2) is 0 Å². The quantitative estimate of drug-likeness (QED) is 0.780. The molecular formula is C16H34N2. The summed E-state index contributed by atoms with van der Waals surface area (Å²) < 4.78 is 0. The summed E-state index contributed by atoms with van der Waals surface area (Å²) in [5, 5.41) is 3.75. The van der Waals surface area contributed by atoms with Crippen LogP contribution in [-0.4, -0.2) is 37.1 Å². The van der Waals surface area contributed by atoms with Gasteiger partial charge in [0.05, 0.1) is 0 Å². The average Bonchev–Trinajstić information content (AvgIpc) is 2.28. The molecule has 1 saturated carbocycles. The standard InChI is InChI=1S/C16H34N2/c1-7-17-15-14(9-8-11-16(15,4)5)18(6)12-10-13(2)3/h13-15,17H,7-12H2,1-6H3. The highest BCUT2D eigenvalue weighted by Crippen LogP contribution is 2.37. The van der Waals surface area contributed by atoms with Gasteiger partial charge in [-0.1, -0.05) is 41.0 Å². The molecule has 1 aliphatic rings. The summed E-state index contributed by atoms with van der Waals surface area (Å²) in [6.07, 6.45) is 5.41. The monoisotopic (exact) mass is 254 g/mol. The predicted octanol–water partition coefficient (Wildman–Crippen LogP) is 3.52. The minimum absolute atomic E-state index is 0.436. The molecule has 1 aliphatic carbocycles. The summed E-state index contributed by atoms with van der Waals surface area (Å²) in [6, 6.07) is 1.36. The Labute approximate surface area is 115 Å². The molecule has 0 aromatic carbocycles. The van der Waals surface area contributed by atoms with Crippen LogP contribution in [0.15, 0.2) is 0 Å². The molecule has 0 aromatic rings. The molecule has 0 aromatic heterocycles. The molecule has 0 heterocycles. The van der Waals surface area contributed by atoms with E-state index in [-0.39, 0.29) is 0 Å². The first kappa shape index (κ1) is 16.0. The van der Waals surface area contributed by atoms with Crippen LogP contribution >= 0.6 is 0 Å². The predicted molar refractivity (Wildman–Crippen MR) is 81.0 cm³/mol. The zero-order valence-corrected chi connectivity index (χ0v) is 13.4. The van der Waals surface area contributed by atoms with Crippen LogP contribution in [0.3, 0.4) is 0 Å². The van der Waals surface area contributed by atoms with E-state index >= 15 is 0 Å². The maximum atomic E-state index is 3.75. The van der Waals surface area contributed by atoms with Crippen molar-refractivity contribution in [1.29, 1.82) is 0 Å². The molecule has 1 fully saturated rings. The average molecular weight is 254 g/mol. The molecule has 2 unspecified atom stereocenters. The maximum Gasteiger partial charge on any atom is 0.0274 e. The lowest BCUT2D eigenvalue weighted by Crippen LogP contribution is -2.58. The molecule has 1 rings (SSSR count). The van der Waals surface area contributed by atoms with Crippen LogP contribution in [0.1, 0.15) is 60.3 Å². The van der Waals surface area contributed by atoms with Gasteiger partial charge in [0.2, 0.25) is 0 Å². The van der Waals surface area contributed by atoms with Gasteiger partial charge in [0.25, 0.3) is 0 Å².